The quantitative estimate of drug-likeness (QED) is 0.176. The first-order valence-corrected chi connectivity index (χ1v) is 15.5. The lowest BCUT2D eigenvalue weighted by molar-refractivity contribution is -0.115. The lowest BCUT2D eigenvalue weighted by atomic mass is 9.83. The lowest BCUT2D eigenvalue weighted by Gasteiger charge is -2.22. The van der Waals surface area contributed by atoms with Gasteiger partial charge >= 0.3 is 5.97 Å². The first-order chi connectivity index (χ1) is 19.9. The molecule has 5 rings (SSSR count). The van der Waals surface area contributed by atoms with E-state index in [1.54, 1.807) is 0 Å². The highest BCUT2D eigenvalue weighted by molar-refractivity contribution is 7.99. The molecule has 1 unspecified atom stereocenters. The van der Waals surface area contributed by atoms with Crippen molar-refractivity contribution in [3.63, 3.8) is 0 Å². The van der Waals surface area contributed by atoms with Gasteiger partial charge in [0.25, 0.3) is 0 Å². The molecule has 8 nitrogen and oxygen atoms in total. The number of rotatable bonds is 8. The van der Waals surface area contributed by atoms with Crippen LogP contribution < -0.4 is 11.1 Å². The summed E-state index contributed by atoms with van der Waals surface area (Å²) in [5.74, 6) is -0.00444. The van der Waals surface area contributed by atoms with Gasteiger partial charge in [-0.1, -0.05) is 36.4 Å². The fraction of sp³-hybridized carbons (Fsp3) is 0.233. The van der Waals surface area contributed by atoms with E-state index in [1.165, 1.54) is 47.1 Å². The van der Waals surface area contributed by atoms with Gasteiger partial charge in [-0.3, -0.25) is 4.79 Å². The SMILES string of the molecule is COC(=O)c1c(NC(=O)CCSc2nc(N)c(C#N)c(-c3cccs3)c2C#N)sc2c1CCC(c1ccccc1)C2. The number of carbonyl (C=O) groups excluding carboxylic acids is 2. The van der Waals surface area contributed by atoms with Crippen LogP contribution in [0.3, 0.4) is 0 Å². The van der Waals surface area contributed by atoms with Gasteiger partial charge in [0, 0.05) is 27.5 Å². The number of esters is 1. The molecule has 0 saturated heterocycles. The van der Waals surface area contributed by atoms with Crippen molar-refractivity contribution >= 4 is 57.1 Å². The minimum atomic E-state index is -0.456. The van der Waals surface area contributed by atoms with Crippen LogP contribution in [0.25, 0.3) is 10.4 Å². The summed E-state index contributed by atoms with van der Waals surface area (Å²) >= 11 is 4.06. The molecular weight excluding hydrogens is 575 g/mol. The molecule has 41 heavy (non-hydrogen) atoms. The molecule has 0 spiro atoms. The van der Waals surface area contributed by atoms with Crippen molar-refractivity contribution in [1.82, 2.24) is 4.98 Å². The molecule has 11 heteroatoms. The number of nitrogens with two attached hydrogens (primary N) is 1. The van der Waals surface area contributed by atoms with Gasteiger partial charge in [0.1, 0.15) is 33.5 Å². The summed E-state index contributed by atoms with van der Waals surface area (Å²) in [7, 11) is 1.34. The van der Waals surface area contributed by atoms with Crippen molar-refractivity contribution in [2.75, 3.05) is 23.9 Å². The second kappa shape index (κ2) is 12.6. The number of benzene rings is 1. The summed E-state index contributed by atoms with van der Waals surface area (Å²) in [4.78, 5) is 31.9. The Balaban J connectivity index is 1.31. The number of pyridine rings is 1. The lowest BCUT2D eigenvalue weighted by Crippen LogP contribution is -2.16. The van der Waals surface area contributed by atoms with Crippen molar-refractivity contribution < 1.29 is 14.3 Å². The number of thiophene rings is 2. The summed E-state index contributed by atoms with van der Waals surface area (Å²) in [5.41, 5.74) is 9.62. The van der Waals surface area contributed by atoms with Crippen LogP contribution in [0.2, 0.25) is 0 Å². The second-order valence-corrected chi connectivity index (χ2v) is 12.5. The second-order valence-electron chi connectivity index (χ2n) is 9.32. The number of hydrogen-bond acceptors (Lipinski definition) is 10. The Morgan fingerprint density at radius 2 is 1.95 bits per heavy atom. The van der Waals surface area contributed by atoms with Gasteiger partial charge < -0.3 is 15.8 Å². The topological polar surface area (TPSA) is 142 Å². The largest absolute Gasteiger partial charge is 0.465 e. The van der Waals surface area contributed by atoms with Crippen LogP contribution in [0.4, 0.5) is 10.8 Å². The van der Waals surface area contributed by atoms with E-state index < -0.39 is 5.97 Å². The van der Waals surface area contributed by atoms with E-state index >= 15 is 0 Å². The number of ether oxygens (including phenoxy) is 1. The van der Waals surface area contributed by atoms with Crippen LogP contribution in [0, 0.1) is 22.7 Å². The maximum atomic E-state index is 13.0. The number of nitrogens with one attached hydrogen (secondary N) is 1. The molecule has 0 radical (unpaired) electrons. The van der Waals surface area contributed by atoms with Crippen molar-refractivity contribution in [2.45, 2.75) is 36.6 Å². The number of hydrogen-bond donors (Lipinski definition) is 2. The fourth-order valence-electron chi connectivity index (χ4n) is 5.00. The van der Waals surface area contributed by atoms with Crippen LogP contribution in [0.5, 0.6) is 0 Å². The minimum absolute atomic E-state index is 0.0440. The Bertz CT molecular complexity index is 1690. The molecule has 3 heterocycles. The number of nitriles is 2. The molecule has 1 aromatic carbocycles. The first-order valence-electron chi connectivity index (χ1n) is 12.8. The Morgan fingerprint density at radius 3 is 2.63 bits per heavy atom. The monoisotopic (exact) mass is 599 g/mol. The fourth-order valence-corrected chi connectivity index (χ4v) is 8.05. The molecule has 0 aliphatic heterocycles. The molecule has 4 aromatic rings. The van der Waals surface area contributed by atoms with E-state index in [9.17, 15) is 20.1 Å². The molecule has 1 amide bonds. The molecule has 1 atom stereocenters. The highest BCUT2D eigenvalue weighted by atomic mass is 32.2. The molecule has 1 aliphatic rings. The van der Waals surface area contributed by atoms with E-state index in [0.717, 1.165) is 34.6 Å². The highest BCUT2D eigenvalue weighted by Crippen LogP contribution is 2.43. The maximum absolute atomic E-state index is 13.0. The van der Waals surface area contributed by atoms with E-state index in [4.69, 9.17) is 10.5 Å². The maximum Gasteiger partial charge on any atom is 0.341 e. The minimum Gasteiger partial charge on any atom is -0.465 e. The molecule has 0 saturated carbocycles. The van der Waals surface area contributed by atoms with E-state index in [2.05, 4.69) is 34.6 Å². The number of fused-ring (bicyclic) bond motifs is 1. The molecule has 3 aromatic heterocycles. The summed E-state index contributed by atoms with van der Waals surface area (Å²) in [5, 5.41) is 25.2. The number of amides is 1. The Hall–Kier alpha value is -4.16. The predicted molar refractivity (Wildman–Crippen MR) is 162 cm³/mol. The van der Waals surface area contributed by atoms with Crippen LogP contribution in [0.1, 0.15) is 56.2 Å². The average Bonchev–Trinajstić information content (AvgIpc) is 3.64. The average molecular weight is 600 g/mol. The van der Waals surface area contributed by atoms with Crippen molar-refractivity contribution in [3.05, 3.63) is 80.5 Å². The van der Waals surface area contributed by atoms with Gasteiger partial charge in [0.2, 0.25) is 5.91 Å². The standard InChI is InChI=1S/C30H25N5O3S3/c1-38-30(37)26-19-10-9-18(17-6-3-2-4-7-17)14-23(19)41-29(26)34-24(36)11-13-40-28-21(16-32)25(22-8-5-12-39-22)20(15-31)27(33)35-28/h2-8,12,18H,9-11,13-14H2,1H3,(H2,33,35)(H,34,36). The summed E-state index contributed by atoms with van der Waals surface area (Å²) in [6.07, 6.45) is 2.56. The number of thioether (sulfide) groups is 1. The number of nitrogen functional groups attached to an aromatic ring is 1. The highest BCUT2D eigenvalue weighted by Gasteiger charge is 2.30. The van der Waals surface area contributed by atoms with Gasteiger partial charge in [-0.15, -0.1) is 34.4 Å². The molecule has 3 N–H and O–H groups in total. The molecule has 206 valence electrons. The summed E-state index contributed by atoms with van der Waals surface area (Å²) in [6.45, 7) is 0. The number of nitrogens with zero attached hydrogens (tertiary/aromatic N) is 3. The first kappa shape index (κ1) is 28.4. The zero-order chi connectivity index (χ0) is 28.9. The normalized spacial score (nSPS) is 14.0. The Morgan fingerprint density at radius 1 is 1.17 bits per heavy atom. The molecule has 1 aliphatic carbocycles. The van der Waals surface area contributed by atoms with Crippen LogP contribution in [-0.2, 0) is 22.4 Å². The van der Waals surface area contributed by atoms with Crippen LogP contribution >= 0.6 is 34.4 Å². The third-order valence-corrected chi connectivity index (χ3v) is 9.96. The smallest absolute Gasteiger partial charge is 0.341 e. The Labute approximate surface area is 249 Å². The van der Waals surface area contributed by atoms with E-state index in [1.807, 2.05) is 35.7 Å². The van der Waals surface area contributed by atoms with Crippen molar-refractivity contribution in [1.29, 1.82) is 10.5 Å². The van der Waals surface area contributed by atoms with Gasteiger partial charge in [0.15, 0.2) is 0 Å². The zero-order valence-corrected chi connectivity index (χ0v) is 24.5. The van der Waals surface area contributed by atoms with Gasteiger partial charge in [0.05, 0.1) is 18.2 Å². The molecule has 0 bridgehead atoms. The number of aromatic nitrogens is 1. The van der Waals surface area contributed by atoms with Crippen LogP contribution in [-0.4, -0.2) is 29.7 Å². The number of methoxy groups -OCH3 is 1. The summed E-state index contributed by atoms with van der Waals surface area (Å²) in [6, 6.07) is 18.2. The molecule has 0 fully saturated rings. The van der Waals surface area contributed by atoms with Gasteiger partial charge in [-0.05, 0) is 47.8 Å². The summed E-state index contributed by atoms with van der Waals surface area (Å²) < 4.78 is 5.07. The molecular formula is C30H25N5O3S3. The number of carbonyl (C=O) groups is 2. The Kier molecular flexibility index (Phi) is 8.70. The predicted octanol–water partition coefficient (Wildman–Crippen LogP) is 6.38. The van der Waals surface area contributed by atoms with Crippen molar-refractivity contribution in [3.8, 4) is 22.6 Å². The third kappa shape index (κ3) is 5.84. The third-order valence-electron chi connectivity index (χ3n) is 6.93. The zero-order valence-electron chi connectivity index (χ0n) is 22.1. The van der Waals surface area contributed by atoms with Crippen LogP contribution in [0.15, 0.2) is 52.9 Å². The van der Waals surface area contributed by atoms with Gasteiger partial charge in [-0.2, -0.15) is 10.5 Å². The van der Waals surface area contributed by atoms with Crippen molar-refractivity contribution in [2.24, 2.45) is 0 Å². The number of anilines is 2. The van der Waals surface area contributed by atoms with E-state index in [-0.39, 0.29) is 29.3 Å². The van der Waals surface area contributed by atoms with E-state index in [0.29, 0.717) is 32.8 Å². The van der Waals surface area contributed by atoms with Gasteiger partial charge in [-0.25, -0.2) is 9.78 Å².